The Hall–Kier alpha value is -2.03. The van der Waals surface area contributed by atoms with Gasteiger partial charge in [0.05, 0.1) is 10.5 Å². The zero-order valence-corrected chi connectivity index (χ0v) is 20.7. The lowest BCUT2D eigenvalue weighted by Gasteiger charge is -2.40. The molecule has 1 nitrogen and oxygen atoms in total. The summed E-state index contributed by atoms with van der Waals surface area (Å²) in [6, 6.07) is 17.2. The van der Waals surface area contributed by atoms with Crippen molar-refractivity contribution in [1.82, 2.24) is 0 Å². The van der Waals surface area contributed by atoms with Crippen LogP contribution in [0, 0.1) is 18.3 Å². The molecule has 168 valence electrons. The standard InChI is InChI=1S/C29H25Cl3O/c1-18-24(20-12-6-4-7-13-20)22-16-10-11-17-23(22)26(30)25(18)28(33,21-14-8-5-9-15-21)27(3)19(2)29(27,31)32/h4-17,19,33H,1-3H3/t19-,27+,28-/m1/s1/i10D,11D,16D,17D. The van der Waals surface area contributed by atoms with Gasteiger partial charge in [-0.25, -0.2) is 0 Å². The van der Waals surface area contributed by atoms with E-state index in [-0.39, 0.29) is 34.5 Å². The van der Waals surface area contributed by atoms with E-state index in [9.17, 15) is 5.11 Å². The number of benzene rings is 4. The molecule has 3 atom stereocenters. The predicted molar refractivity (Wildman–Crippen MR) is 140 cm³/mol. The normalized spacial score (nSPS) is 25.0. The Labute approximate surface area is 215 Å². The van der Waals surface area contributed by atoms with Gasteiger partial charge in [0, 0.05) is 22.3 Å². The molecule has 1 aliphatic rings. The van der Waals surface area contributed by atoms with Crippen molar-refractivity contribution in [2.45, 2.75) is 30.7 Å². The van der Waals surface area contributed by atoms with Crippen molar-refractivity contribution >= 4 is 45.6 Å². The number of alkyl halides is 2. The van der Waals surface area contributed by atoms with Crippen molar-refractivity contribution in [3.05, 3.63) is 107 Å². The molecule has 0 amide bonds. The summed E-state index contributed by atoms with van der Waals surface area (Å²) in [5.41, 5.74) is -0.0862. The molecule has 0 saturated heterocycles. The molecule has 0 heterocycles. The van der Waals surface area contributed by atoms with Crippen LogP contribution in [-0.4, -0.2) is 9.44 Å². The first kappa shape index (κ1) is 18.3. The van der Waals surface area contributed by atoms with Gasteiger partial charge in [-0.2, -0.15) is 0 Å². The summed E-state index contributed by atoms with van der Waals surface area (Å²) in [4.78, 5) is 0. The van der Waals surface area contributed by atoms with Gasteiger partial charge in [0.1, 0.15) is 9.93 Å². The Kier molecular flexibility index (Phi) is 4.30. The Morgan fingerprint density at radius 3 is 2.00 bits per heavy atom. The fraction of sp³-hybridized carbons (Fsp3) is 0.241. The van der Waals surface area contributed by atoms with Crippen molar-refractivity contribution in [3.8, 4) is 11.1 Å². The molecule has 4 heteroatoms. The van der Waals surface area contributed by atoms with Gasteiger partial charge in [0.15, 0.2) is 0 Å². The van der Waals surface area contributed by atoms with E-state index < -0.39 is 21.4 Å². The summed E-state index contributed by atoms with van der Waals surface area (Å²) in [5, 5.41) is 13.4. The molecule has 0 spiro atoms. The van der Waals surface area contributed by atoms with Crippen molar-refractivity contribution in [3.63, 3.8) is 0 Å². The van der Waals surface area contributed by atoms with E-state index in [2.05, 4.69) is 0 Å². The third-order valence-electron chi connectivity index (χ3n) is 7.51. The molecule has 1 saturated carbocycles. The molecule has 0 radical (unpaired) electrons. The number of fused-ring (bicyclic) bond motifs is 1. The Balaban J connectivity index is 2.05. The highest BCUT2D eigenvalue weighted by Crippen LogP contribution is 2.77. The monoisotopic (exact) mass is 498 g/mol. The van der Waals surface area contributed by atoms with Gasteiger partial charge >= 0.3 is 0 Å². The van der Waals surface area contributed by atoms with Gasteiger partial charge in [-0.3, -0.25) is 0 Å². The van der Waals surface area contributed by atoms with Crippen LogP contribution in [0.25, 0.3) is 21.9 Å². The van der Waals surface area contributed by atoms with Crippen LogP contribution < -0.4 is 0 Å². The summed E-state index contributed by atoms with van der Waals surface area (Å²) < 4.78 is 33.0. The van der Waals surface area contributed by atoms with Crippen molar-refractivity contribution in [2.24, 2.45) is 11.3 Å². The summed E-state index contributed by atoms with van der Waals surface area (Å²) in [6.45, 7) is 5.52. The largest absolute Gasteiger partial charge is 0.380 e. The number of rotatable bonds is 4. The molecule has 1 N–H and O–H groups in total. The first-order chi connectivity index (χ1) is 17.3. The van der Waals surface area contributed by atoms with E-state index in [4.69, 9.17) is 40.3 Å². The van der Waals surface area contributed by atoms with Gasteiger partial charge in [-0.15, -0.1) is 23.2 Å². The van der Waals surface area contributed by atoms with Gasteiger partial charge in [-0.05, 0) is 34.6 Å². The van der Waals surface area contributed by atoms with Crippen LogP contribution in [0.3, 0.4) is 0 Å². The molecule has 0 aliphatic heterocycles. The molecule has 1 aliphatic carbocycles. The number of aliphatic hydroxyl groups is 1. The Bertz CT molecular complexity index is 1560. The van der Waals surface area contributed by atoms with E-state index in [1.165, 1.54) is 0 Å². The topological polar surface area (TPSA) is 20.2 Å². The van der Waals surface area contributed by atoms with Crippen LogP contribution in [0.2, 0.25) is 5.02 Å². The highest BCUT2D eigenvalue weighted by Gasteiger charge is 2.79. The molecule has 0 bridgehead atoms. The van der Waals surface area contributed by atoms with Crippen molar-refractivity contribution < 1.29 is 10.6 Å². The second-order valence-electron chi connectivity index (χ2n) is 8.93. The highest BCUT2D eigenvalue weighted by atomic mass is 35.5. The fourth-order valence-electron chi connectivity index (χ4n) is 5.34. The third-order valence-corrected chi connectivity index (χ3v) is 9.33. The summed E-state index contributed by atoms with van der Waals surface area (Å²) in [5.74, 6) is -0.315. The number of hydrogen-bond acceptors (Lipinski definition) is 1. The fourth-order valence-corrected chi connectivity index (χ4v) is 6.68. The lowest BCUT2D eigenvalue weighted by Crippen LogP contribution is -2.41. The average Bonchev–Trinajstić information content (AvgIpc) is 3.30. The molecular formula is C29H25Cl3O. The number of hydrogen-bond donors (Lipinski definition) is 1. The van der Waals surface area contributed by atoms with Gasteiger partial charge in [0.25, 0.3) is 0 Å². The second kappa shape index (κ2) is 7.75. The highest BCUT2D eigenvalue weighted by molar-refractivity contribution is 6.52. The predicted octanol–water partition coefficient (Wildman–Crippen LogP) is 8.53. The Morgan fingerprint density at radius 1 is 0.939 bits per heavy atom. The molecule has 1 fully saturated rings. The van der Waals surface area contributed by atoms with E-state index in [1.54, 1.807) is 12.1 Å². The molecule has 4 aromatic rings. The van der Waals surface area contributed by atoms with Gasteiger partial charge in [0.2, 0.25) is 0 Å². The maximum atomic E-state index is 12.9. The quantitative estimate of drug-likeness (QED) is 0.279. The molecular weight excluding hydrogens is 471 g/mol. The van der Waals surface area contributed by atoms with E-state index in [0.29, 0.717) is 27.6 Å². The summed E-state index contributed by atoms with van der Waals surface area (Å²) >= 11 is 20.7. The van der Waals surface area contributed by atoms with Crippen LogP contribution in [-0.2, 0) is 5.60 Å². The lowest BCUT2D eigenvalue weighted by molar-refractivity contribution is 0.00126. The van der Waals surface area contributed by atoms with Crippen LogP contribution >= 0.6 is 34.8 Å². The van der Waals surface area contributed by atoms with Crippen LogP contribution in [0.4, 0.5) is 0 Å². The van der Waals surface area contributed by atoms with Crippen molar-refractivity contribution in [2.75, 3.05) is 0 Å². The van der Waals surface area contributed by atoms with E-state index in [0.717, 1.165) is 5.56 Å². The molecule has 33 heavy (non-hydrogen) atoms. The first-order valence-corrected chi connectivity index (χ1v) is 11.9. The minimum Gasteiger partial charge on any atom is -0.380 e. The molecule has 0 unspecified atom stereocenters. The van der Waals surface area contributed by atoms with E-state index in [1.807, 2.05) is 69.3 Å². The zero-order valence-electron chi connectivity index (χ0n) is 22.4. The maximum absolute atomic E-state index is 12.9. The van der Waals surface area contributed by atoms with Crippen LogP contribution in [0.5, 0.6) is 0 Å². The smallest absolute Gasteiger partial charge is 0.130 e. The Morgan fingerprint density at radius 2 is 1.45 bits per heavy atom. The number of halogens is 3. The third kappa shape index (κ3) is 2.96. The van der Waals surface area contributed by atoms with Crippen LogP contribution in [0.1, 0.15) is 36.0 Å². The summed E-state index contributed by atoms with van der Waals surface area (Å²) in [7, 11) is 0. The maximum Gasteiger partial charge on any atom is 0.130 e. The molecule has 0 aromatic heterocycles. The minimum atomic E-state index is -1.79. The molecule has 4 aromatic carbocycles. The second-order valence-corrected chi connectivity index (χ2v) is 10.7. The van der Waals surface area contributed by atoms with Gasteiger partial charge < -0.3 is 5.11 Å². The molecule has 5 rings (SSSR count). The first-order valence-electron chi connectivity index (χ1n) is 12.8. The average molecular weight is 500 g/mol. The van der Waals surface area contributed by atoms with Gasteiger partial charge in [-0.1, -0.05) is 110 Å². The summed E-state index contributed by atoms with van der Waals surface area (Å²) in [6.07, 6.45) is 0. The minimum absolute atomic E-state index is 0.0509. The zero-order chi connectivity index (χ0) is 27.1. The van der Waals surface area contributed by atoms with Crippen molar-refractivity contribution in [1.29, 1.82) is 0 Å². The lowest BCUT2D eigenvalue weighted by atomic mass is 9.70. The van der Waals surface area contributed by atoms with Crippen LogP contribution in [0.15, 0.2) is 84.8 Å². The SMILES string of the molecule is [2H]c1c([2H])c([2H])c2c(-c3ccccc3)c(C)c([C@](O)(c3ccccc3)[C@]3(C)[C@@H](C)C3(Cl)Cl)c(Cl)c2c1[2H]. The van der Waals surface area contributed by atoms with E-state index >= 15 is 0 Å².